The van der Waals surface area contributed by atoms with Gasteiger partial charge in [-0.05, 0) is 24.6 Å². The van der Waals surface area contributed by atoms with Gasteiger partial charge in [-0.15, -0.1) is 0 Å². The molecule has 0 heterocycles. The van der Waals surface area contributed by atoms with Crippen molar-refractivity contribution in [2.45, 2.75) is 18.4 Å². The van der Waals surface area contributed by atoms with Crippen molar-refractivity contribution in [2.75, 3.05) is 12.8 Å². The van der Waals surface area contributed by atoms with Crippen LogP contribution in [-0.4, -0.2) is 19.8 Å². The molecule has 0 unspecified atom stereocenters. The minimum Gasteiger partial charge on any atom is -0.398 e. The fraction of sp³-hybridized carbons (Fsp3) is 0.200. The van der Waals surface area contributed by atoms with Gasteiger partial charge < -0.3 is 5.73 Å². The monoisotopic (exact) mass is 308 g/mol. The molecule has 6 heteroatoms. The van der Waals surface area contributed by atoms with E-state index >= 15 is 0 Å². The zero-order valence-electron chi connectivity index (χ0n) is 11.9. The van der Waals surface area contributed by atoms with Crippen molar-refractivity contribution in [3.8, 4) is 0 Å². The summed E-state index contributed by atoms with van der Waals surface area (Å²) in [5, 5.41) is 0. The summed E-state index contributed by atoms with van der Waals surface area (Å²) < 4.78 is 39.8. The second kappa shape index (κ2) is 5.83. The molecular weight excluding hydrogens is 291 g/mol. The molecule has 0 aliphatic carbocycles. The van der Waals surface area contributed by atoms with Crippen LogP contribution < -0.4 is 5.73 Å². The highest BCUT2D eigenvalue weighted by molar-refractivity contribution is 7.89. The minimum atomic E-state index is -3.98. The van der Waals surface area contributed by atoms with E-state index in [1.807, 2.05) is 31.2 Å². The largest absolute Gasteiger partial charge is 0.398 e. The maximum absolute atomic E-state index is 13.8. The van der Waals surface area contributed by atoms with Gasteiger partial charge in [0.1, 0.15) is 10.7 Å². The van der Waals surface area contributed by atoms with E-state index in [1.165, 1.54) is 19.2 Å². The highest BCUT2D eigenvalue weighted by Crippen LogP contribution is 2.25. The third kappa shape index (κ3) is 3.22. The fourth-order valence-electron chi connectivity index (χ4n) is 1.99. The second-order valence-electron chi connectivity index (χ2n) is 4.90. The Hall–Kier alpha value is -1.92. The van der Waals surface area contributed by atoms with Crippen LogP contribution in [0.5, 0.6) is 0 Å². The number of rotatable bonds is 4. The van der Waals surface area contributed by atoms with Crippen LogP contribution in [0.15, 0.2) is 47.4 Å². The summed E-state index contributed by atoms with van der Waals surface area (Å²) in [4.78, 5) is -0.473. The van der Waals surface area contributed by atoms with Crippen LogP contribution in [0, 0.1) is 12.7 Å². The van der Waals surface area contributed by atoms with Crippen molar-refractivity contribution in [1.82, 2.24) is 4.31 Å². The lowest BCUT2D eigenvalue weighted by molar-refractivity contribution is 0.460. The van der Waals surface area contributed by atoms with Gasteiger partial charge in [-0.1, -0.05) is 35.9 Å². The quantitative estimate of drug-likeness (QED) is 0.883. The first-order valence-electron chi connectivity index (χ1n) is 6.38. The van der Waals surface area contributed by atoms with E-state index in [1.54, 1.807) is 0 Å². The van der Waals surface area contributed by atoms with Crippen LogP contribution in [0.25, 0.3) is 0 Å². The molecule has 21 heavy (non-hydrogen) atoms. The van der Waals surface area contributed by atoms with Gasteiger partial charge in [0, 0.05) is 13.6 Å². The Balaban J connectivity index is 2.33. The van der Waals surface area contributed by atoms with Crippen LogP contribution in [0.1, 0.15) is 11.1 Å². The van der Waals surface area contributed by atoms with Crippen molar-refractivity contribution < 1.29 is 12.8 Å². The Kier molecular flexibility index (Phi) is 4.29. The lowest BCUT2D eigenvalue weighted by Crippen LogP contribution is -2.28. The standard InChI is InChI=1S/C15H17FN2O2S/c1-11-6-8-12(9-7-11)10-18(2)21(19,20)15-13(16)4-3-5-14(15)17/h3-9H,10,17H2,1-2H3. The van der Waals surface area contributed by atoms with E-state index in [0.29, 0.717) is 0 Å². The van der Waals surface area contributed by atoms with Crippen LogP contribution >= 0.6 is 0 Å². The molecule has 0 amide bonds. The zero-order chi connectivity index (χ0) is 15.6. The molecule has 0 aliphatic heterocycles. The summed E-state index contributed by atoms with van der Waals surface area (Å²) in [5.74, 6) is -0.842. The van der Waals surface area contributed by atoms with Crippen molar-refractivity contribution >= 4 is 15.7 Å². The molecule has 0 saturated heterocycles. The smallest absolute Gasteiger partial charge is 0.248 e. The normalized spacial score (nSPS) is 11.8. The van der Waals surface area contributed by atoms with E-state index < -0.39 is 20.7 Å². The maximum atomic E-state index is 13.8. The molecule has 4 nitrogen and oxygen atoms in total. The van der Waals surface area contributed by atoms with Gasteiger partial charge in [0.05, 0.1) is 5.69 Å². The Bertz CT molecular complexity index is 723. The molecular formula is C15H17FN2O2S. The molecule has 2 aromatic carbocycles. The Morgan fingerprint density at radius 1 is 1.14 bits per heavy atom. The molecule has 0 aromatic heterocycles. The summed E-state index contributed by atoms with van der Waals surface area (Å²) in [5.41, 5.74) is 7.43. The summed E-state index contributed by atoms with van der Waals surface area (Å²) in [6.07, 6.45) is 0. The van der Waals surface area contributed by atoms with Crippen molar-refractivity contribution in [1.29, 1.82) is 0 Å². The molecule has 0 bridgehead atoms. The summed E-state index contributed by atoms with van der Waals surface area (Å²) in [6.45, 7) is 2.10. The summed E-state index contributed by atoms with van der Waals surface area (Å²) in [7, 11) is -2.57. The molecule has 112 valence electrons. The van der Waals surface area contributed by atoms with Crippen molar-refractivity contribution in [3.63, 3.8) is 0 Å². The predicted molar refractivity (Wildman–Crippen MR) is 80.6 cm³/mol. The Labute approximate surface area is 124 Å². The third-order valence-corrected chi connectivity index (χ3v) is 5.09. The van der Waals surface area contributed by atoms with Gasteiger partial charge in [-0.3, -0.25) is 0 Å². The van der Waals surface area contributed by atoms with E-state index in [2.05, 4.69) is 0 Å². The van der Waals surface area contributed by atoms with Crippen molar-refractivity contribution in [2.24, 2.45) is 0 Å². The average molecular weight is 308 g/mol. The van der Waals surface area contributed by atoms with Crippen LogP contribution in [0.2, 0.25) is 0 Å². The van der Waals surface area contributed by atoms with Crippen LogP contribution in [0.4, 0.5) is 10.1 Å². The lowest BCUT2D eigenvalue weighted by atomic mass is 10.1. The molecule has 2 N–H and O–H groups in total. The molecule has 0 atom stereocenters. The van der Waals surface area contributed by atoms with Gasteiger partial charge in [-0.25, -0.2) is 12.8 Å². The third-order valence-electron chi connectivity index (χ3n) is 3.19. The predicted octanol–water partition coefficient (Wildman–Crippen LogP) is 2.54. The summed E-state index contributed by atoms with van der Waals surface area (Å²) in [6, 6.07) is 11.3. The lowest BCUT2D eigenvalue weighted by Gasteiger charge is -2.19. The summed E-state index contributed by atoms with van der Waals surface area (Å²) >= 11 is 0. The first kappa shape index (κ1) is 15.5. The number of sulfonamides is 1. The van der Waals surface area contributed by atoms with Gasteiger partial charge in [-0.2, -0.15) is 4.31 Å². The SMILES string of the molecule is Cc1ccc(CN(C)S(=O)(=O)c2c(N)cccc2F)cc1. The first-order chi connectivity index (χ1) is 9.82. The topological polar surface area (TPSA) is 63.4 Å². The number of nitrogen functional groups attached to an aromatic ring is 1. The molecule has 2 aromatic rings. The second-order valence-corrected chi connectivity index (χ2v) is 6.89. The molecule has 0 fully saturated rings. The van der Waals surface area contributed by atoms with E-state index in [0.717, 1.165) is 21.5 Å². The van der Waals surface area contributed by atoms with Crippen LogP contribution in [0.3, 0.4) is 0 Å². The Morgan fingerprint density at radius 2 is 1.76 bits per heavy atom. The van der Waals surface area contributed by atoms with Gasteiger partial charge in [0.15, 0.2) is 0 Å². The molecule has 0 aliphatic rings. The number of hydrogen-bond acceptors (Lipinski definition) is 3. The number of anilines is 1. The fourth-order valence-corrected chi connectivity index (χ4v) is 3.30. The highest BCUT2D eigenvalue weighted by Gasteiger charge is 2.26. The molecule has 0 saturated carbocycles. The Morgan fingerprint density at radius 3 is 2.33 bits per heavy atom. The number of halogens is 1. The number of benzene rings is 2. The van der Waals surface area contributed by atoms with E-state index in [4.69, 9.17) is 5.73 Å². The molecule has 0 radical (unpaired) electrons. The molecule has 0 spiro atoms. The number of hydrogen-bond donors (Lipinski definition) is 1. The highest BCUT2D eigenvalue weighted by atomic mass is 32.2. The molecule has 2 rings (SSSR count). The van der Waals surface area contributed by atoms with E-state index in [9.17, 15) is 12.8 Å². The van der Waals surface area contributed by atoms with Gasteiger partial charge >= 0.3 is 0 Å². The maximum Gasteiger partial charge on any atom is 0.248 e. The number of aryl methyl sites for hydroxylation is 1. The van der Waals surface area contributed by atoms with E-state index in [-0.39, 0.29) is 12.2 Å². The number of nitrogens with zero attached hydrogens (tertiary/aromatic N) is 1. The van der Waals surface area contributed by atoms with Gasteiger partial charge in [0.25, 0.3) is 0 Å². The zero-order valence-corrected chi connectivity index (χ0v) is 12.7. The van der Waals surface area contributed by atoms with Crippen LogP contribution in [-0.2, 0) is 16.6 Å². The van der Waals surface area contributed by atoms with Gasteiger partial charge in [0.2, 0.25) is 10.0 Å². The minimum absolute atomic E-state index is 0.0919. The average Bonchev–Trinajstić information content (AvgIpc) is 2.40. The number of nitrogens with two attached hydrogens (primary N) is 1. The van der Waals surface area contributed by atoms with Crippen molar-refractivity contribution in [3.05, 3.63) is 59.4 Å². The first-order valence-corrected chi connectivity index (χ1v) is 7.82.